The molecule has 2 rings (SSSR count). The van der Waals surface area contributed by atoms with Gasteiger partial charge in [0.2, 0.25) is 5.95 Å². The fourth-order valence-corrected chi connectivity index (χ4v) is 1.96. The van der Waals surface area contributed by atoms with Gasteiger partial charge in [-0.2, -0.15) is 0 Å². The molecule has 5 nitrogen and oxygen atoms in total. The second-order valence-corrected chi connectivity index (χ2v) is 4.71. The summed E-state index contributed by atoms with van der Waals surface area (Å²) in [4.78, 5) is 18.2. The predicted octanol–water partition coefficient (Wildman–Crippen LogP) is 2.05. The van der Waals surface area contributed by atoms with Crippen LogP contribution in [-0.4, -0.2) is 29.6 Å². The van der Waals surface area contributed by atoms with Crippen molar-refractivity contribution in [3.05, 3.63) is 41.7 Å². The van der Waals surface area contributed by atoms with E-state index in [4.69, 9.17) is 0 Å². The Balaban J connectivity index is 2.21. The molecular formula is C14H18N4O. The summed E-state index contributed by atoms with van der Waals surface area (Å²) in [7, 11) is 5.80. The maximum atomic E-state index is 12.1. The van der Waals surface area contributed by atoms with Crippen LogP contribution < -0.4 is 10.2 Å². The van der Waals surface area contributed by atoms with E-state index >= 15 is 0 Å². The average molecular weight is 258 g/mol. The smallest absolute Gasteiger partial charge is 0.257 e. The van der Waals surface area contributed by atoms with Gasteiger partial charge in [-0.05, 0) is 30.7 Å². The van der Waals surface area contributed by atoms with E-state index in [1.54, 1.807) is 17.0 Å². The Morgan fingerprint density at radius 1 is 1.37 bits per heavy atom. The Kier molecular flexibility index (Phi) is 3.55. The molecule has 0 saturated carbocycles. The van der Waals surface area contributed by atoms with Gasteiger partial charge in [-0.15, -0.1) is 0 Å². The summed E-state index contributed by atoms with van der Waals surface area (Å²) in [6, 6.07) is 5.65. The third-order valence-electron chi connectivity index (χ3n) is 2.99. The molecule has 1 N–H and O–H groups in total. The van der Waals surface area contributed by atoms with Crippen LogP contribution in [0.2, 0.25) is 0 Å². The number of aryl methyl sites for hydroxylation is 2. The molecule has 1 amide bonds. The van der Waals surface area contributed by atoms with Crippen molar-refractivity contribution in [2.45, 2.75) is 6.92 Å². The first-order chi connectivity index (χ1) is 8.99. The van der Waals surface area contributed by atoms with Crippen molar-refractivity contribution >= 4 is 17.5 Å². The van der Waals surface area contributed by atoms with Crippen LogP contribution in [0.3, 0.4) is 0 Å². The zero-order valence-corrected chi connectivity index (χ0v) is 11.6. The molecule has 1 heterocycles. The van der Waals surface area contributed by atoms with Gasteiger partial charge in [0.25, 0.3) is 5.91 Å². The van der Waals surface area contributed by atoms with E-state index in [1.165, 1.54) is 0 Å². The summed E-state index contributed by atoms with van der Waals surface area (Å²) in [5.41, 5.74) is 2.80. The Labute approximate surface area is 112 Å². The molecule has 2 aromatic rings. The van der Waals surface area contributed by atoms with Gasteiger partial charge in [-0.25, -0.2) is 4.98 Å². The average Bonchev–Trinajstić information content (AvgIpc) is 2.74. The number of nitrogens with zero attached hydrogens (tertiary/aromatic N) is 3. The van der Waals surface area contributed by atoms with Gasteiger partial charge in [0.05, 0.1) is 0 Å². The lowest BCUT2D eigenvalue weighted by molar-refractivity contribution is 0.102. The van der Waals surface area contributed by atoms with Gasteiger partial charge in [0.15, 0.2) is 0 Å². The lowest BCUT2D eigenvalue weighted by atomic mass is 10.1. The van der Waals surface area contributed by atoms with Crippen LogP contribution in [0.1, 0.15) is 15.9 Å². The fraction of sp³-hybridized carbons (Fsp3) is 0.286. The van der Waals surface area contributed by atoms with E-state index in [0.29, 0.717) is 11.5 Å². The molecule has 0 bridgehead atoms. The summed E-state index contributed by atoms with van der Waals surface area (Å²) in [5.74, 6) is 0.391. The first kappa shape index (κ1) is 13.1. The number of anilines is 2. The minimum Gasteiger partial charge on any atom is -0.377 e. The van der Waals surface area contributed by atoms with Crippen LogP contribution in [0.5, 0.6) is 0 Å². The number of carbonyl (C=O) groups excluding carboxylic acids is 1. The second kappa shape index (κ2) is 5.14. The van der Waals surface area contributed by atoms with Gasteiger partial charge in [-0.1, -0.05) is 0 Å². The maximum absolute atomic E-state index is 12.1. The summed E-state index contributed by atoms with van der Waals surface area (Å²) in [5, 5.41) is 2.78. The van der Waals surface area contributed by atoms with E-state index in [1.807, 2.05) is 51.2 Å². The molecule has 5 heteroatoms. The van der Waals surface area contributed by atoms with Gasteiger partial charge in [0, 0.05) is 44.8 Å². The van der Waals surface area contributed by atoms with Gasteiger partial charge in [0.1, 0.15) is 0 Å². The van der Waals surface area contributed by atoms with Crippen molar-refractivity contribution in [1.29, 1.82) is 0 Å². The highest BCUT2D eigenvalue weighted by Gasteiger charge is 2.10. The molecule has 0 aliphatic heterocycles. The van der Waals surface area contributed by atoms with E-state index < -0.39 is 0 Å². The van der Waals surface area contributed by atoms with Crippen molar-refractivity contribution in [1.82, 2.24) is 9.55 Å². The summed E-state index contributed by atoms with van der Waals surface area (Å²) < 4.78 is 1.76. The van der Waals surface area contributed by atoms with Gasteiger partial charge >= 0.3 is 0 Å². The Morgan fingerprint density at radius 3 is 2.63 bits per heavy atom. The van der Waals surface area contributed by atoms with Crippen molar-refractivity contribution in [3.63, 3.8) is 0 Å². The van der Waals surface area contributed by atoms with Crippen LogP contribution in [0.15, 0.2) is 30.6 Å². The van der Waals surface area contributed by atoms with E-state index in [2.05, 4.69) is 10.3 Å². The zero-order chi connectivity index (χ0) is 14.0. The number of nitrogens with one attached hydrogen (secondary N) is 1. The SMILES string of the molecule is Cc1cc(C(=O)Nc2nccn2C)ccc1N(C)C. The molecule has 0 aliphatic rings. The first-order valence-corrected chi connectivity index (χ1v) is 6.05. The minimum atomic E-state index is -0.150. The minimum absolute atomic E-state index is 0.150. The van der Waals surface area contributed by atoms with Crippen LogP contribution >= 0.6 is 0 Å². The number of imidazole rings is 1. The highest BCUT2D eigenvalue weighted by molar-refractivity contribution is 6.03. The van der Waals surface area contributed by atoms with Crippen molar-refractivity contribution in [2.24, 2.45) is 7.05 Å². The number of amides is 1. The molecule has 1 aromatic heterocycles. The number of hydrogen-bond acceptors (Lipinski definition) is 3. The molecule has 100 valence electrons. The second-order valence-electron chi connectivity index (χ2n) is 4.71. The molecular weight excluding hydrogens is 240 g/mol. The van der Waals surface area contributed by atoms with Crippen molar-refractivity contribution in [3.8, 4) is 0 Å². The van der Waals surface area contributed by atoms with E-state index in [9.17, 15) is 4.79 Å². The number of benzene rings is 1. The highest BCUT2D eigenvalue weighted by Crippen LogP contribution is 2.19. The Morgan fingerprint density at radius 2 is 2.11 bits per heavy atom. The number of aromatic nitrogens is 2. The lowest BCUT2D eigenvalue weighted by Gasteiger charge is -2.16. The van der Waals surface area contributed by atoms with Gasteiger partial charge in [-0.3, -0.25) is 10.1 Å². The third kappa shape index (κ3) is 2.76. The number of rotatable bonds is 3. The van der Waals surface area contributed by atoms with Gasteiger partial charge < -0.3 is 9.47 Å². The fourth-order valence-electron chi connectivity index (χ4n) is 1.96. The van der Waals surface area contributed by atoms with E-state index in [0.717, 1.165) is 11.3 Å². The van der Waals surface area contributed by atoms with Crippen LogP contribution in [0.25, 0.3) is 0 Å². The maximum Gasteiger partial charge on any atom is 0.257 e. The third-order valence-corrected chi connectivity index (χ3v) is 2.99. The monoisotopic (exact) mass is 258 g/mol. The van der Waals surface area contributed by atoms with Crippen molar-refractivity contribution in [2.75, 3.05) is 24.3 Å². The van der Waals surface area contributed by atoms with Crippen LogP contribution in [-0.2, 0) is 7.05 Å². The summed E-state index contributed by atoms with van der Waals surface area (Å²) in [6.07, 6.45) is 3.44. The van der Waals surface area contributed by atoms with Crippen molar-refractivity contribution < 1.29 is 4.79 Å². The molecule has 0 fully saturated rings. The molecule has 0 aliphatic carbocycles. The largest absolute Gasteiger partial charge is 0.377 e. The number of hydrogen-bond donors (Lipinski definition) is 1. The summed E-state index contributed by atoms with van der Waals surface area (Å²) >= 11 is 0. The van der Waals surface area contributed by atoms with Crippen LogP contribution in [0, 0.1) is 6.92 Å². The number of carbonyl (C=O) groups is 1. The molecule has 0 radical (unpaired) electrons. The van der Waals surface area contributed by atoms with E-state index in [-0.39, 0.29) is 5.91 Å². The highest BCUT2D eigenvalue weighted by atomic mass is 16.1. The molecule has 1 aromatic carbocycles. The van der Waals surface area contributed by atoms with Crippen LogP contribution in [0.4, 0.5) is 11.6 Å². The standard InChI is InChI=1S/C14H18N4O/c1-10-9-11(5-6-12(10)17(2)3)13(19)16-14-15-7-8-18(14)4/h5-9H,1-4H3,(H,15,16,19). The molecule has 0 atom stereocenters. The quantitative estimate of drug-likeness (QED) is 0.916. The Hall–Kier alpha value is -2.30. The first-order valence-electron chi connectivity index (χ1n) is 6.05. The normalized spacial score (nSPS) is 10.3. The molecule has 0 unspecified atom stereocenters. The summed E-state index contributed by atoms with van der Waals surface area (Å²) in [6.45, 7) is 1.99. The zero-order valence-electron chi connectivity index (χ0n) is 11.6. The Bertz CT molecular complexity index is 601. The topological polar surface area (TPSA) is 50.2 Å². The molecule has 19 heavy (non-hydrogen) atoms. The predicted molar refractivity (Wildman–Crippen MR) is 76.7 cm³/mol. The lowest BCUT2D eigenvalue weighted by Crippen LogP contribution is -2.16. The molecule has 0 spiro atoms. The molecule has 0 saturated heterocycles.